The molecule has 3 amide bonds. The molecule has 2 aromatic rings. The number of rotatable bonds is 6. The van der Waals surface area contributed by atoms with Crippen LogP contribution in [0, 0.1) is 26.2 Å². The van der Waals surface area contributed by atoms with Crippen molar-refractivity contribution >= 4 is 23.6 Å². The van der Waals surface area contributed by atoms with Gasteiger partial charge in [-0.2, -0.15) is 0 Å². The fourth-order valence-electron chi connectivity index (χ4n) is 3.49. The number of amides is 3. The van der Waals surface area contributed by atoms with Gasteiger partial charge >= 0.3 is 6.09 Å². The van der Waals surface area contributed by atoms with Gasteiger partial charge in [-0.15, -0.1) is 6.42 Å². The van der Waals surface area contributed by atoms with Crippen molar-refractivity contribution in [3.8, 4) is 12.3 Å². The van der Waals surface area contributed by atoms with Crippen LogP contribution in [0.2, 0.25) is 0 Å². The molecule has 0 aromatic heterocycles. The van der Waals surface area contributed by atoms with Crippen LogP contribution in [-0.2, 0) is 14.3 Å². The summed E-state index contributed by atoms with van der Waals surface area (Å²) in [6.07, 6.45) is 4.75. The van der Waals surface area contributed by atoms with Crippen molar-refractivity contribution in [2.75, 3.05) is 12.4 Å². The first-order valence-electron chi connectivity index (χ1n) is 11.0. The third kappa shape index (κ3) is 6.85. The van der Waals surface area contributed by atoms with Crippen molar-refractivity contribution in [3.63, 3.8) is 0 Å². The lowest BCUT2D eigenvalue weighted by atomic mass is 10.0. The molecule has 0 saturated carbocycles. The SMILES string of the molecule is C#Cc1ccc(C(C(=O)Nc2c(C)cccc2C)N(C)C(=O)C(C)NC(=O)OC(C)(C)C)cc1. The lowest BCUT2D eigenvalue weighted by Gasteiger charge is -2.31. The van der Waals surface area contributed by atoms with Crippen molar-refractivity contribution in [1.82, 2.24) is 10.2 Å². The number of nitrogens with one attached hydrogen (secondary N) is 2. The fourth-order valence-corrected chi connectivity index (χ4v) is 3.49. The number of ether oxygens (including phenoxy) is 1. The molecule has 0 aliphatic heterocycles. The van der Waals surface area contributed by atoms with Crippen LogP contribution in [0.4, 0.5) is 10.5 Å². The number of alkyl carbamates (subject to hydrolysis) is 1. The van der Waals surface area contributed by atoms with E-state index in [1.54, 1.807) is 52.0 Å². The quantitative estimate of drug-likeness (QED) is 0.624. The predicted molar refractivity (Wildman–Crippen MR) is 133 cm³/mol. The number of hydrogen-bond acceptors (Lipinski definition) is 4. The highest BCUT2D eigenvalue weighted by molar-refractivity contribution is 5.99. The molecular formula is C27H33N3O4. The second kappa shape index (κ2) is 10.9. The van der Waals surface area contributed by atoms with Crippen molar-refractivity contribution in [1.29, 1.82) is 0 Å². The van der Waals surface area contributed by atoms with E-state index in [4.69, 9.17) is 11.2 Å². The average Bonchev–Trinajstić information content (AvgIpc) is 2.75. The molecule has 0 aliphatic rings. The minimum absolute atomic E-state index is 0.383. The summed E-state index contributed by atoms with van der Waals surface area (Å²) < 4.78 is 5.24. The van der Waals surface area contributed by atoms with E-state index >= 15 is 0 Å². The van der Waals surface area contributed by atoms with Gasteiger partial charge < -0.3 is 20.3 Å². The zero-order valence-electron chi connectivity index (χ0n) is 20.9. The van der Waals surface area contributed by atoms with Crippen LogP contribution in [0.5, 0.6) is 0 Å². The van der Waals surface area contributed by atoms with Gasteiger partial charge in [0.15, 0.2) is 0 Å². The van der Waals surface area contributed by atoms with Crippen LogP contribution in [0.15, 0.2) is 42.5 Å². The summed E-state index contributed by atoms with van der Waals surface area (Å²) in [5, 5.41) is 5.50. The van der Waals surface area contributed by atoms with Crippen molar-refractivity contribution in [2.45, 2.75) is 59.2 Å². The molecule has 0 bridgehead atoms. The summed E-state index contributed by atoms with van der Waals surface area (Å²) in [6.45, 7) is 10.6. The minimum Gasteiger partial charge on any atom is -0.444 e. The fraction of sp³-hybridized carbons (Fsp3) is 0.370. The second-order valence-electron chi connectivity index (χ2n) is 9.24. The van der Waals surface area contributed by atoms with Crippen LogP contribution in [0.25, 0.3) is 0 Å². The maximum Gasteiger partial charge on any atom is 0.408 e. The van der Waals surface area contributed by atoms with Crippen molar-refractivity contribution in [2.24, 2.45) is 0 Å². The Bertz CT molecular complexity index is 1070. The molecule has 0 heterocycles. The summed E-state index contributed by atoms with van der Waals surface area (Å²) >= 11 is 0. The van der Waals surface area contributed by atoms with Crippen molar-refractivity contribution in [3.05, 3.63) is 64.7 Å². The van der Waals surface area contributed by atoms with Crippen LogP contribution >= 0.6 is 0 Å². The van der Waals surface area contributed by atoms with Gasteiger partial charge in [0.1, 0.15) is 17.7 Å². The van der Waals surface area contributed by atoms with Gasteiger partial charge in [-0.1, -0.05) is 36.3 Å². The lowest BCUT2D eigenvalue weighted by molar-refractivity contribution is -0.138. The zero-order valence-corrected chi connectivity index (χ0v) is 20.9. The molecule has 7 nitrogen and oxygen atoms in total. The van der Waals surface area contributed by atoms with Crippen LogP contribution in [0.1, 0.15) is 56.0 Å². The Balaban J connectivity index is 2.34. The maximum absolute atomic E-state index is 13.5. The molecule has 2 unspecified atom stereocenters. The van der Waals surface area contributed by atoms with Crippen LogP contribution in [0.3, 0.4) is 0 Å². The number of nitrogens with zero attached hydrogens (tertiary/aromatic N) is 1. The van der Waals surface area contributed by atoms with E-state index in [1.165, 1.54) is 11.9 Å². The third-order valence-electron chi connectivity index (χ3n) is 5.21. The molecule has 2 rings (SSSR count). The number of carbonyl (C=O) groups is 3. The highest BCUT2D eigenvalue weighted by Crippen LogP contribution is 2.26. The van der Waals surface area contributed by atoms with Crippen LogP contribution in [-0.4, -0.2) is 41.5 Å². The summed E-state index contributed by atoms with van der Waals surface area (Å²) in [4.78, 5) is 40.2. The second-order valence-corrected chi connectivity index (χ2v) is 9.24. The van der Waals surface area contributed by atoms with E-state index in [-0.39, 0.29) is 5.91 Å². The van der Waals surface area contributed by atoms with Gasteiger partial charge in [0.2, 0.25) is 5.91 Å². The van der Waals surface area contributed by atoms with E-state index in [0.29, 0.717) is 16.8 Å². The van der Waals surface area contributed by atoms with Crippen molar-refractivity contribution < 1.29 is 19.1 Å². The number of likely N-dealkylation sites (N-methyl/N-ethyl adjacent to an activating group) is 1. The van der Waals surface area contributed by atoms with Gasteiger partial charge in [0.05, 0.1) is 0 Å². The zero-order chi connectivity index (χ0) is 25.6. The Kier molecular flexibility index (Phi) is 8.47. The molecule has 0 radical (unpaired) electrons. The number of hydrogen-bond donors (Lipinski definition) is 2. The summed E-state index contributed by atoms with van der Waals surface area (Å²) in [6, 6.07) is 10.7. The molecule has 0 fully saturated rings. The normalized spacial score (nSPS) is 12.6. The Morgan fingerprint density at radius 1 is 1.03 bits per heavy atom. The number of aryl methyl sites for hydroxylation is 2. The first-order chi connectivity index (χ1) is 15.8. The Morgan fingerprint density at radius 2 is 1.59 bits per heavy atom. The van der Waals surface area contributed by atoms with Gasteiger partial charge in [0, 0.05) is 18.3 Å². The third-order valence-corrected chi connectivity index (χ3v) is 5.21. The molecule has 7 heteroatoms. The number of terminal acetylenes is 1. The van der Waals surface area contributed by atoms with Gasteiger partial charge in [-0.05, 0) is 70.4 Å². The lowest BCUT2D eigenvalue weighted by Crippen LogP contribution is -2.49. The van der Waals surface area contributed by atoms with E-state index in [2.05, 4.69) is 16.6 Å². The van der Waals surface area contributed by atoms with Gasteiger partial charge in [-0.3, -0.25) is 9.59 Å². The Labute approximate surface area is 201 Å². The molecule has 0 spiro atoms. The number of benzene rings is 2. The van der Waals surface area contributed by atoms with Gasteiger partial charge in [0.25, 0.3) is 5.91 Å². The number of para-hydroxylation sites is 1. The average molecular weight is 464 g/mol. The minimum atomic E-state index is -0.957. The highest BCUT2D eigenvalue weighted by Gasteiger charge is 2.32. The molecular weight excluding hydrogens is 430 g/mol. The summed E-state index contributed by atoms with van der Waals surface area (Å²) in [5.41, 5.74) is 3.05. The molecule has 180 valence electrons. The van der Waals surface area contributed by atoms with E-state index in [9.17, 15) is 14.4 Å². The smallest absolute Gasteiger partial charge is 0.408 e. The highest BCUT2D eigenvalue weighted by atomic mass is 16.6. The largest absolute Gasteiger partial charge is 0.444 e. The maximum atomic E-state index is 13.5. The first kappa shape index (κ1) is 26.5. The summed E-state index contributed by atoms with van der Waals surface area (Å²) in [5.74, 6) is 1.71. The first-order valence-corrected chi connectivity index (χ1v) is 11.0. The Hall–Kier alpha value is -3.79. The van der Waals surface area contributed by atoms with Gasteiger partial charge in [-0.25, -0.2) is 4.79 Å². The molecule has 2 N–H and O–H groups in total. The molecule has 2 aromatic carbocycles. The molecule has 0 aliphatic carbocycles. The number of anilines is 1. The molecule has 34 heavy (non-hydrogen) atoms. The summed E-state index contributed by atoms with van der Waals surface area (Å²) in [7, 11) is 1.53. The standard InChI is InChI=1S/C27H33N3O4/c1-9-20-13-15-21(16-14-20)23(24(31)29-22-17(2)11-10-12-18(22)3)30(8)25(32)19(4)28-26(33)34-27(5,6)7/h1,10-16,19,23H,2-8H3,(H,28,33)(H,29,31). The molecule has 2 atom stereocenters. The Morgan fingerprint density at radius 3 is 2.09 bits per heavy atom. The number of carbonyl (C=O) groups excluding carboxylic acids is 3. The van der Waals surface area contributed by atoms with Crippen LogP contribution < -0.4 is 10.6 Å². The van der Waals surface area contributed by atoms with E-state index < -0.39 is 29.7 Å². The van der Waals surface area contributed by atoms with E-state index in [1.807, 2.05) is 32.0 Å². The monoisotopic (exact) mass is 463 g/mol. The molecule has 0 saturated heterocycles. The topological polar surface area (TPSA) is 87.7 Å². The predicted octanol–water partition coefficient (Wildman–Crippen LogP) is 4.34. The van der Waals surface area contributed by atoms with E-state index in [0.717, 1.165) is 11.1 Å².